The van der Waals surface area contributed by atoms with Crippen molar-refractivity contribution in [2.75, 3.05) is 14.2 Å². The van der Waals surface area contributed by atoms with Gasteiger partial charge in [0.2, 0.25) is 0 Å². The SMILES string of the molecule is COc1cc2nc(SCc3ccccc3F)n3nc(C)nc3c2cc1OC. The number of nitrogens with zero attached hydrogens (tertiary/aromatic N) is 4. The van der Waals surface area contributed by atoms with Gasteiger partial charge in [-0.15, -0.1) is 5.10 Å². The van der Waals surface area contributed by atoms with Crippen LogP contribution in [-0.4, -0.2) is 33.8 Å². The number of fused-ring (bicyclic) bond motifs is 3. The van der Waals surface area contributed by atoms with Crippen molar-refractivity contribution in [3.05, 3.63) is 53.6 Å². The van der Waals surface area contributed by atoms with E-state index in [1.165, 1.54) is 17.8 Å². The lowest BCUT2D eigenvalue weighted by atomic mass is 10.2. The molecule has 0 saturated carbocycles. The Balaban J connectivity index is 1.85. The van der Waals surface area contributed by atoms with Gasteiger partial charge >= 0.3 is 0 Å². The number of hydrogen-bond donors (Lipinski definition) is 0. The minimum atomic E-state index is -0.233. The molecule has 6 nitrogen and oxygen atoms in total. The number of methoxy groups -OCH3 is 2. The standard InChI is InChI=1S/C19H17FN4O2S/c1-11-21-18-13-8-16(25-2)17(26-3)9-15(13)22-19(24(18)23-11)27-10-12-6-4-5-7-14(12)20/h4-9H,10H2,1-3H3. The van der Waals surface area contributed by atoms with Gasteiger partial charge in [-0.05, 0) is 24.6 Å². The quantitative estimate of drug-likeness (QED) is 0.382. The number of benzene rings is 2. The first-order chi connectivity index (χ1) is 13.1. The van der Waals surface area contributed by atoms with Crippen molar-refractivity contribution in [1.82, 2.24) is 19.6 Å². The number of hydrogen-bond acceptors (Lipinski definition) is 6. The summed E-state index contributed by atoms with van der Waals surface area (Å²) in [4.78, 5) is 9.24. The molecule has 2 heterocycles. The fourth-order valence-corrected chi connectivity index (χ4v) is 3.80. The van der Waals surface area contributed by atoms with E-state index < -0.39 is 0 Å². The Hall–Kier alpha value is -2.87. The second kappa shape index (κ2) is 7.03. The summed E-state index contributed by atoms with van der Waals surface area (Å²) in [5.74, 6) is 2.02. The fourth-order valence-electron chi connectivity index (χ4n) is 2.86. The van der Waals surface area contributed by atoms with E-state index in [1.807, 2.05) is 25.1 Å². The molecule has 0 unspecified atom stereocenters. The molecule has 4 rings (SSSR count). The van der Waals surface area contributed by atoms with Crippen LogP contribution in [0.5, 0.6) is 11.5 Å². The monoisotopic (exact) mass is 384 g/mol. The summed E-state index contributed by atoms with van der Waals surface area (Å²) in [6.45, 7) is 1.82. The highest BCUT2D eigenvalue weighted by Gasteiger charge is 2.16. The lowest BCUT2D eigenvalue weighted by molar-refractivity contribution is 0.355. The normalized spacial score (nSPS) is 11.3. The van der Waals surface area contributed by atoms with Crippen LogP contribution < -0.4 is 9.47 Å². The maximum atomic E-state index is 13.9. The Morgan fingerprint density at radius 2 is 1.81 bits per heavy atom. The van der Waals surface area contributed by atoms with Gasteiger partial charge in [0.05, 0.1) is 19.7 Å². The average Bonchev–Trinajstić information content (AvgIpc) is 3.08. The third-order valence-electron chi connectivity index (χ3n) is 4.17. The smallest absolute Gasteiger partial charge is 0.191 e. The first-order valence-electron chi connectivity index (χ1n) is 8.26. The van der Waals surface area contributed by atoms with E-state index in [2.05, 4.69) is 10.1 Å². The predicted molar refractivity (Wildman–Crippen MR) is 102 cm³/mol. The molecule has 0 aliphatic carbocycles. The summed E-state index contributed by atoms with van der Waals surface area (Å²) >= 11 is 1.41. The van der Waals surface area contributed by atoms with Crippen molar-refractivity contribution < 1.29 is 13.9 Å². The molecule has 0 spiro atoms. The van der Waals surface area contributed by atoms with Crippen LogP contribution in [0, 0.1) is 12.7 Å². The van der Waals surface area contributed by atoms with E-state index in [9.17, 15) is 4.39 Å². The molecule has 0 fully saturated rings. The van der Waals surface area contributed by atoms with Crippen LogP contribution in [0.3, 0.4) is 0 Å². The maximum absolute atomic E-state index is 13.9. The molecule has 138 valence electrons. The third-order valence-corrected chi connectivity index (χ3v) is 5.15. The van der Waals surface area contributed by atoms with Gasteiger partial charge in [-0.2, -0.15) is 4.52 Å². The summed E-state index contributed by atoms with van der Waals surface area (Å²) in [5, 5.41) is 5.89. The van der Waals surface area contributed by atoms with Gasteiger partial charge in [0.25, 0.3) is 0 Å². The second-order valence-electron chi connectivity index (χ2n) is 5.89. The molecule has 0 amide bonds. The largest absolute Gasteiger partial charge is 0.493 e. The maximum Gasteiger partial charge on any atom is 0.191 e. The minimum absolute atomic E-state index is 0.233. The predicted octanol–water partition coefficient (Wildman–Crippen LogP) is 4.03. The molecule has 0 radical (unpaired) electrons. The van der Waals surface area contributed by atoms with Gasteiger partial charge in [-0.1, -0.05) is 30.0 Å². The third kappa shape index (κ3) is 3.16. The van der Waals surface area contributed by atoms with Gasteiger partial charge in [0, 0.05) is 17.2 Å². The molecule has 4 aromatic rings. The van der Waals surface area contributed by atoms with E-state index in [0.717, 1.165) is 5.39 Å². The lowest BCUT2D eigenvalue weighted by Gasteiger charge is -2.11. The molecule has 0 atom stereocenters. The van der Waals surface area contributed by atoms with Crippen molar-refractivity contribution >= 4 is 28.3 Å². The van der Waals surface area contributed by atoms with E-state index in [1.54, 1.807) is 30.9 Å². The van der Waals surface area contributed by atoms with E-state index in [4.69, 9.17) is 14.5 Å². The molecule has 0 aliphatic heterocycles. The topological polar surface area (TPSA) is 61.5 Å². The van der Waals surface area contributed by atoms with E-state index in [0.29, 0.717) is 45.0 Å². The van der Waals surface area contributed by atoms with Crippen LogP contribution in [0.1, 0.15) is 11.4 Å². The Morgan fingerprint density at radius 3 is 2.56 bits per heavy atom. The highest BCUT2D eigenvalue weighted by molar-refractivity contribution is 7.98. The molecule has 0 aliphatic rings. The van der Waals surface area contributed by atoms with E-state index >= 15 is 0 Å². The molecule has 27 heavy (non-hydrogen) atoms. The Labute approximate surface area is 159 Å². The van der Waals surface area contributed by atoms with Gasteiger partial charge in [-0.25, -0.2) is 14.4 Å². The second-order valence-corrected chi connectivity index (χ2v) is 6.84. The number of aromatic nitrogens is 4. The van der Waals surface area contributed by atoms with Crippen LogP contribution in [0.2, 0.25) is 0 Å². The molecular formula is C19H17FN4O2S. The van der Waals surface area contributed by atoms with Crippen LogP contribution in [0.25, 0.3) is 16.6 Å². The van der Waals surface area contributed by atoms with Crippen molar-refractivity contribution in [3.63, 3.8) is 0 Å². The van der Waals surface area contributed by atoms with Crippen LogP contribution in [0.15, 0.2) is 41.6 Å². The lowest BCUT2D eigenvalue weighted by Crippen LogP contribution is -2.00. The van der Waals surface area contributed by atoms with Gasteiger partial charge in [0.1, 0.15) is 11.6 Å². The Morgan fingerprint density at radius 1 is 1.07 bits per heavy atom. The first kappa shape index (κ1) is 17.5. The molecule has 0 N–H and O–H groups in total. The number of aryl methyl sites for hydroxylation is 1. The van der Waals surface area contributed by atoms with Gasteiger partial charge in [0.15, 0.2) is 22.3 Å². The highest BCUT2D eigenvalue weighted by Crippen LogP contribution is 2.34. The van der Waals surface area contributed by atoms with Gasteiger partial charge < -0.3 is 9.47 Å². The van der Waals surface area contributed by atoms with Crippen molar-refractivity contribution in [2.45, 2.75) is 17.8 Å². The summed E-state index contributed by atoms with van der Waals surface area (Å²) < 4.78 is 26.4. The average molecular weight is 384 g/mol. The zero-order chi connectivity index (χ0) is 19.0. The zero-order valence-electron chi connectivity index (χ0n) is 15.1. The van der Waals surface area contributed by atoms with Gasteiger partial charge in [-0.3, -0.25) is 0 Å². The number of rotatable bonds is 5. The molecule has 2 aromatic heterocycles. The number of halogens is 1. The highest BCUT2D eigenvalue weighted by atomic mass is 32.2. The molecule has 0 saturated heterocycles. The Kier molecular flexibility index (Phi) is 4.57. The van der Waals surface area contributed by atoms with E-state index in [-0.39, 0.29) is 5.82 Å². The fraction of sp³-hybridized carbons (Fsp3) is 0.211. The first-order valence-corrected chi connectivity index (χ1v) is 9.24. The number of ether oxygens (including phenoxy) is 2. The molecule has 8 heteroatoms. The summed E-state index contributed by atoms with van der Waals surface area (Å²) in [5.41, 5.74) is 2.00. The number of thioether (sulfide) groups is 1. The summed E-state index contributed by atoms with van der Waals surface area (Å²) in [6.07, 6.45) is 0. The zero-order valence-corrected chi connectivity index (χ0v) is 15.9. The summed E-state index contributed by atoms with van der Waals surface area (Å²) in [6, 6.07) is 10.4. The van der Waals surface area contributed by atoms with Crippen molar-refractivity contribution in [1.29, 1.82) is 0 Å². The van der Waals surface area contributed by atoms with Crippen molar-refractivity contribution in [2.24, 2.45) is 0 Å². The van der Waals surface area contributed by atoms with Crippen LogP contribution >= 0.6 is 11.8 Å². The van der Waals surface area contributed by atoms with Crippen LogP contribution in [0.4, 0.5) is 4.39 Å². The molecule has 0 bridgehead atoms. The molecule has 2 aromatic carbocycles. The summed E-state index contributed by atoms with van der Waals surface area (Å²) in [7, 11) is 3.17. The Bertz CT molecular complexity index is 1150. The molecular weight excluding hydrogens is 367 g/mol. The van der Waals surface area contributed by atoms with Crippen molar-refractivity contribution in [3.8, 4) is 11.5 Å². The van der Waals surface area contributed by atoms with Crippen LogP contribution in [-0.2, 0) is 5.75 Å². The minimum Gasteiger partial charge on any atom is -0.493 e.